The third-order valence-electron chi connectivity index (χ3n) is 4.74. The number of nitrogens with zero attached hydrogens (tertiary/aromatic N) is 2. The fraction of sp³-hybridized carbons (Fsp3) is 0.222. The van der Waals surface area contributed by atoms with Gasteiger partial charge in [-0.1, -0.05) is 22.2 Å². The number of pyridine rings is 1. The average Bonchev–Trinajstić information content (AvgIpc) is 3.24. The average molecular weight is 372 g/mol. The molecular weight excluding hydrogens is 356 g/mol. The summed E-state index contributed by atoms with van der Waals surface area (Å²) in [6.45, 7) is 1.64. The lowest BCUT2D eigenvalue weighted by Crippen LogP contribution is -2.36. The summed E-state index contributed by atoms with van der Waals surface area (Å²) in [6, 6.07) is 7.75. The van der Waals surface area contributed by atoms with Gasteiger partial charge in [0.25, 0.3) is 0 Å². The van der Waals surface area contributed by atoms with Crippen molar-refractivity contribution in [2.75, 3.05) is 0 Å². The highest BCUT2D eigenvalue weighted by atomic mass is 35.5. The summed E-state index contributed by atoms with van der Waals surface area (Å²) in [5, 5.41) is 25.3. The molecule has 4 rings (SSSR count). The number of aliphatic hydroxyl groups is 1. The highest BCUT2D eigenvalue weighted by Gasteiger charge is 2.45. The Morgan fingerprint density at radius 3 is 2.92 bits per heavy atom. The Kier molecular flexibility index (Phi) is 3.91. The largest absolute Gasteiger partial charge is 0.374 e. The van der Waals surface area contributed by atoms with Gasteiger partial charge in [0, 0.05) is 32.8 Å². The van der Waals surface area contributed by atoms with Gasteiger partial charge in [-0.2, -0.15) is 0 Å². The van der Waals surface area contributed by atoms with E-state index < -0.39 is 5.60 Å². The van der Waals surface area contributed by atoms with Crippen LogP contribution in [0, 0.1) is 5.41 Å². The van der Waals surface area contributed by atoms with Crippen LogP contribution in [0.5, 0.6) is 0 Å². The molecule has 126 valence electrons. The summed E-state index contributed by atoms with van der Waals surface area (Å²) in [7, 11) is 0. The Bertz CT molecular complexity index is 973. The molecule has 2 aromatic heterocycles. The van der Waals surface area contributed by atoms with Crippen molar-refractivity contribution in [1.29, 1.82) is 5.41 Å². The molecule has 2 heterocycles. The van der Waals surface area contributed by atoms with E-state index in [1.54, 1.807) is 6.92 Å². The minimum absolute atomic E-state index is 0.257. The maximum Gasteiger partial charge on any atom is 0.220 e. The second kappa shape index (κ2) is 5.98. The number of nitrogens with one attached hydrogen (secondary N) is 2. The summed E-state index contributed by atoms with van der Waals surface area (Å²) in [5.41, 5.74) is 4.50. The fourth-order valence-electron chi connectivity index (χ4n) is 3.36. The van der Waals surface area contributed by atoms with E-state index in [0.29, 0.717) is 17.1 Å². The summed E-state index contributed by atoms with van der Waals surface area (Å²) in [6.07, 6.45) is 3.10. The number of hydrogen-bond donors (Lipinski definition) is 2. The van der Waals surface area contributed by atoms with Crippen molar-refractivity contribution < 1.29 is 10.1 Å². The molecular formula is C18H16ClN4OS+. The van der Waals surface area contributed by atoms with Crippen LogP contribution in [0.4, 0.5) is 0 Å². The summed E-state index contributed by atoms with van der Waals surface area (Å²) < 4.78 is 3.95. The van der Waals surface area contributed by atoms with Gasteiger partial charge in [-0.05, 0) is 55.1 Å². The molecule has 1 aromatic carbocycles. The second-order valence-corrected chi connectivity index (χ2v) is 7.30. The quantitative estimate of drug-likeness (QED) is 0.691. The zero-order valence-electron chi connectivity index (χ0n) is 13.5. The Morgan fingerprint density at radius 2 is 2.20 bits per heavy atom. The lowest BCUT2D eigenvalue weighted by atomic mass is 9.94. The summed E-state index contributed by atoms with van der Waals surface area (Å²) in [4.78, 5) is 3.21. The molecule has 0 spiro atoms. The first-order chi connectivity index (χ1) is 12.0. The van der Waals surface area contributed by atoms with Gasteiger partial charge < -0.3 is 10.5 Å². The zero-order chi connectivity index (χ0) is 17.6. The van der Waals surface area contributed by atoms with Gasteiger partial charge in [0.1, 0.15) is 5.69 Å². The molecule has 0 radical (unpaired) electrons. The van der Waals surface area contributed by atoms with Gasteiger partial charge in [0.2, 0.25) is 5.69 Å². The number of rotatable bonds is 3. The second-order valence-electron chi connectivity index (χ2n) is 6.25. The third kappa shape index (κ3) is 2.66. The van der Waals surface area contributed by atoms with E-state index in [1.165, 1.54) is 11.5 Å². The number of aromatic nitrogens is 3. The lowest BCUT2D eigenvalue weighted by molar-refractivity contribution is -0.401. The molecule has 1 atom stereocenters. The molecule has 0 fully saturated rings. The van der Waals surface area contributed by atoms with Crippen LogP contribution in [0.2, 0.25) is 5.02 Å². The third-order valence-corrected chi connectivity index (χ3v) is 5.48. The smallest absolute Gasteiger partial charge is 0.220 e. The van der Waals surface area contributed by atoms with E-state index >= 15 is 0 Å². The molecule has 1 unspecified atom stereocenters. The first-order valence-electron chi connectivity index (χ1n) is 7.89. The monoisotopic (exact) mass is 371 g/mol. The van der Waals surface area contributed by atoms with E-state index in [2.05, 4.69) is 20.6 Å². The number of halogens is 1. The summed E-state index contributed by atoms with van der Waals surface area (Å²) >= 11 is 7.53. The number of hydrogen-bond acceptors (Lipinski definition) is 5. The van der Waals surface area contributed by atoms with E-state index in [0.717, 1.165) is 34.4 Å². The van der Waals surface area contributed by atoms with E-state index in [9.17, 15) is 5.11 Å². The zero-order valence-corrected chi connectivity index (χ0v) is 15.1. The summed E-state index contributed by atoms with van der Waals surface area (Å²) in [5.74, 6) is 0. The first kappa shape index (κ1) is 16.3. The number of aromatic amines is 1. The molecule has 25 heavy (non-hydrogen) atoms. The molecule has 5 nitrogen and oxygen atoms in total. The molecule has 0 amide bonds. The van der Waals surface area contributed by atoms with Crippen molar-refractivity contribution in [3.63, 3.8) is 0 Å². The van der Waals surface area contributed by atoms with Crippen molar-refractivity contribution >= 4 is 28.8 Å². The van der Waals surface area contributed by atoms with Crippen molar-refractivity contribution in [2.45, 2.75) is 25.4 Å². The van der Waals surface area contributed by atoms with Crippen LogP contribution in [0.15, 0.2) is 35.8 Å². The Hall–Kier alpha value is -2.15. The minimum Gasteiger partial charge on any atom is -0.374 e. The highest BCUT2D eigenvalue weighted by molar-refractivity contribution is 7.03. The van der Waals surface area contributed by atoms with Crippen molar-refractivity contribution in [2.24, 2.45) is 0 Å². The van der Waals surface area contributed by atoms with Crippen LogP contribution >= 0.6 is 23.1 Å². The van der Waals surface area contributed by atoms with Gasteiger partial charge in [-0.3, -0.25) is 0 Å². The van der Waals surface area contributed by atoms with Crippen LogP contribution in [-0.4, -0.2) is 20.4 Å². The number of fused-ring (bicyclic) bond motifs is 1. The molecule has 3 aromatic rings. The maximum atomic E-state index is 10.7. The Morgan fingerprint density at radius 1 is 1.36 bits per heavy atom. The lowest BCUT2D eigenvalue weighted by Gasteiger charge is -2.17. The number of aryl methyl sites for hydroxylation is 1. The van der Waals surface area contributed by atoms with Gasteiger partial charge in [-0.15, -0.1) is 5.10 Å². The maximum absolute atomic E-state index is 10.7. The van der Waals surface area contributed by atoms with Crippen LogP contribution < -0.4 is 4.98 Å². The van der Waals surface area contributed by atoms with Gasteiger partial charge in [0.05, 0.1) is 0 Å². The van der Waals surface area contributed by atoms with E-state index in [-0.39, 0.29) is 5.71 Å². The standard InChI is InChI=1S/C18H15ClN4OS/c1-10(20)18(24)5-4-11-6-12(8-21-17(11)18)15-7-13(19)2-3-14(15)16-9-25-23-22-16/h2-3,6-9,20,24H,4-5H2,1H3/p+1. The normalized spacial score (nSPS) is 19.0. The molecule has 1 aliphatic carbocycles. The molecule has 3 N–H and O–H groups in total. The van der Waals surface area contributed by atoms with E-state index in [1.807, 2.05) is 29.8 Å². The predicted octanol–water partition coefficient (Wildman–Crippen LogP) is 3.51. The Labute approximate surface area is 154 Å². The molecule has 0 saturated heterocycles. The molecule has 0 bridgehead atoms. The van der Waals surface area contributed by atoms with Gasteiger partial charge in [-0.25, -0.2) is 4.98 Å². The molecule has 1 aliphatic rings. The van der Waals surface area contributed by atoms with Crippen molar-refractivity contribution in [3.05, 3.63) is 52.1 Å². The van der Waals surface area contributed by atoms with Gasteiger partial charge in [0.15, 0.2) is 11.8 Å². The van der Waals surface area contributed by atoms with Crippen molar-refractivity contribution in [1.82, 2.24) is 9.59 Å². The van der Waals surface area contributed by atoms with Crippen LogP contribution in [0.3, 0.4) is 0 Å². The predicted molar refractivity (Wildman–Crippen MR) is 98.0 cm³/mol. The van der Waals surface area contributed by atoms with Crippen molar-refractivity contribution in [3.8, 4) is 22.4 Å². The SMILES string of the molecule is CC(=N)C1(O)CCc2cc(-c3cc(Cl)ccc3-c3csnn3)c[nH+]c21. The number of benzene rings is 1. The number of H-pyrrole nitrogens is 1. The highest BCUT2D eigenvalue weighted by Crippen LogP contribution is 2.38. The molecule has 7 heteroatoms. The van der Waals surface area contributed by atoms with Gasteiger partial charge >= 0.3 is 0 Å². The fourth-order valence-corrected chi connectivity index (χ4v) is 3.99. The topological polar surface area (TPSA) is 84.0 Å². The Balaban J connectivity index is 1.85. The van der Waals surface area contributed by atoms with Crippen LogP contribution in [0.25, 0.3) is 22.4 Å². The minimum atomic E-state index is -1.19. The molecule has 0 saturated carbocycles. The van der Waals surface area contributed by atoms with E-state index in [4.69, 9.17) is 17.0 Å². The molecule has 0 aliphatic heterocycles. The van der Waals surface area contributed by atoms with Crippen LogP contribution in [0.1, 0.15) is 24.6 Å². The first-order valence-corrected chi connectivity index (χ1v) is 9.11. The van der Waals surface area contributed by atoms with Crippen LogP contribution in [-0.2, 0) is 12.0 Å².